The molecule has 0 saturated carbocycles. The third kappa shape index (κ3) is 3.75. The summed E-state index contributed by atoms with van der Waals surface area (Å²) in [5.41, 5.74) is 0.667. The summed E-state index contributed by atoms with van der Waals surface area (Å²) < 4.78 is 30.8. The van der Waals surface area contributed by atoms with Crippen LogP contribution in [0.4, 0.5) is 5.69 Å². The van der Waals surface area contributed by atoms with Gasteiger partial charge < -0.3 is 0 Å². The first kappa shape index (κ1) is 10.5. The summed E-state index contributed by atoms with van der Waals surface area (Å²) in [5, 5.41) is 0. The number of hydrogen-bond acceptors (Lipinski definition) is 3. The van der Waals surface area contributed by atoms with Crippen molar-refractivity contribution in [2.75, 3.05) is 9.80 Å². The number of anilines is 1. The molecular formula is C7H8BrNO3S. The van der Waals surface area contributed by atoms with Crippen LogP contribution in [0.15, 0.2) is 30.3 Å². The van der Waals surface area contributed by atoms with Crippen LogP contribution in [0.5, 0.6) is 0 Å². The van der Waals surface area contributed by atoms with E-state index >= 15 is 0 Å². The van der Waals surface area contributed by atoms with Crippen LogP contribution < -0.4 is 3.93 Å². The lowest BCUT2D eigenvalue weighted by Crippen LogP contribution is -2.19. The van der Waals surface area contributed by atoms with E-state index in [2.05, 4.69) is 16.1 Å². The van der Waals surface area contributed by atoms with Crippen LogP contribution in [-0.2, 0) is 10.1 Å². The number of halogens is 1. The molecule has 0 atom stereocenters. The average Bonchev–Trinajstić information content (AvgIpc) is 2.03. The van der Waals surface area contributed by atoms with E-state index in [9.17, 15) is 8.42 Å². The summed E-state index contributed by atoms with van der Waals surface area (Å²) in [6, 6.07) is 8.80. The summed E-state index contributed by atoms with van der Waals surface area (Å²) in [4.78, 5) is 0. The highest BCUT2D eigenvalue weighted by Crippen LogP contribution is 2.17. The van der Waals surface area contributed by atoms with Gasteiger partial charge in [-0.05, 0) is 12.1 Å². The lowest BCUT2D eigenvalue weighted by molar-refractivity contribution is 0.484. The van der Waals surface area contributed by atoms with E-state index in [4.69, 9.17) is 4.55 Å². The van der Waals surface area contributed by atoms with Crippen molar-refractivity contribution in [2.45, 2.75) is 0 Å². The minimum Gasteiger partial charge on any atom is -0.291 e. The molecule has 0 aliphatic rings. The first-order chi connectivity index (χ1) is 5.99. The predicted octanol–water partition coefficient (Wildman–Crippen LogP) is 1.65. The van der Waals surface area contributed by atoms with E-state index in [0.29, 0.717) is 5.69 Å². The molecule has 0 aromatic heterocycles. The zero-order valence-corrected chi connectivity index (χ0v) is 8.99. The Morgan fingerprint density at radius 1 is 1.31 bits per heavy atom. The van der Waals surface area contributed by atoms with Crippen molar-refractivity contribution in [1.29, 1.82) is 0 Å². The van der Waals surface area contributed by atoms with Crippen LogP contribution in [0.3, 0.4) is 0 Å². The van der Waals surface area contributed by atoms with E-state index < -0.39 is 16.0 Å². The molecule has 0 unspecified atom stereocenters. The molecule has 0 radical (unpaired) electrons. The SMILES string of the molecule is O=S(=O)(O)CN(Br)c1ccccc1. The maximum absolute atomic E-state index is 10.5. The molecule has 0 spiro atoms. The Bertz CT molecular complexity index is 365. The Balaban J connectivity index is 2.76. The molecule has 1 rings (SSSR count). The van der Waals surface area contributed by atoms with Gasteiger partial charge in [0, 0.05) is 5.69 Å². The van der Waals surface area contributed by atoms with Gasteiger partial charge in [0.15, 0.2) is 5.88 Å². The summed E-state index contributed by atoms with van der Waals surface area (Å²) >= 11 is 3.02. The molecule has 0 heterocycles. The van der Waals surface area contributed by atoms with Crippen LogP contribution in [0.1, 0.15) is 0 Å². The van der Waals surface area contributed by atoms with Gasteiger partial charge in [0.25, 0.3) is 10.1 Å². The van der Waals surface area contributed by atoms with Crippen molar-refractivity contribution in [3.63, 3.8) is 0 Å². The van der Waals surface area contributed by atoms with Crippen molar-refractivity contribution in [3.05, 3.63) is 30.3 Å². The minimum atomic E-state index is -3.99. The Morgan fingerprint density at radius 3 is 2.31 bits per heavy atom. The Labute approximate surface area is 85.3 Å². The lowest BCUT2D eigenvalue weighted by atomic mass is 10.3. The average molecular weight is 266 g/mol. The van der Waals surface area contributed by atoms with Gasteiger partial charge in [-0.15, -0.1) is 0 Å². The monoisotopic (exact) mass is 265 g/mol. The summed E-state index contributed by atoms with van der Waals surface area (Å²) in [6.45, 7) is 0. The van der Waals surface area contributed by atoms with Crippen LogP contribution >= 0.6 is 16.1 Å². The summed E-state index contributed by atoms with van der Waals surface area (Å²) in [5.74, 6) is -0.475. The van der Waals surface area contributed by atoms with Crippen LogP contribution in [-0.4, -0.2) is 18.8 Å². The molecule has 0 aliphatic carbocycles. The quantitative estimate of drug-likeness (QED) is 0.667. The second kappa shape index (κ2) is 4.08. The number of benzene rings is 1. The minimum absolute atomic E-state index is 0.475. The molecular weight excluding hydrogens is 258 g/mol. The van der Waals surface area contributed by atoms with Gasteiger partial charge in [0.2, 0.25) is 0 Å². The smallest absolute Gasteiger partial charge is 0.284 e. The molecule has 0 amide bonds. The fourth-order valence-corrected chi connectivity index (χ4v) is 2.26. The van der Waals surface area contributed by atoms with Crippen LogP contribution in [0, 0.1) is 0 Å². The van der Waals surface area contributed by atoms with Crippen molar-refractivity contribution >= 4 is 32.0 Å². The third-order valence-corrected chi connectivity index (χ3v) is 2.89. The van der Waals surface area contributed by atoms with Crippen molar-refractivity contribution in [1.82, 2.24) is 0 Å². The molecule has 1 N–H and O–H groups in total. The van der Waals surface area contributed by atoms with Gasteiger partial charge >= 0.3 is 0 Å². The zero-order chi connectivity index (χ0) is 9.90. The maximum atomic E-state index is 10.5. The number of rotatable bonds is 3. The van der Waals surface area contributed by atoms with Crippen LogP contribution in [0.2, 0.25) is 0 Å². The van der Waals surface area contributed by atoms with E-state index in [0.717, 1.165) is 0 Å². The second-order valence-electron chi connectivity index (χ2n) is 2.41. The van der Waals surface area contributed by atoms with Gasteiger partial charge in [0.1, 0.15) is 0 Å². The van der Waals surface area contributed by atoms with E-state index in [1.807, 2.05) is 6.07 Å². The van der Waals surface area contributed by atoms with Crippen molar-refractivity contribution < 1.29 is 13.0 Å². The fraction of sp³-hybridized carbons (Fsp3) is 0.143. The number of para-hydroxylation sites is 1. The highest BCUT2D eigenvalue weighted by molar-refractivity contribution is 9.10. The normalized spacial score (nSPS) is 11.2. The highest BCUT2D eigenvalue weighted by atomic mass is 79.9. The molecule has 0 aliphatic heterocycles. The maximum Gasteiger partial charge on any atom is 0.284 e. The number of hydrogen-bond donors (Lipinski definition) is 1. The topological polar surface area (TPSA) is 57.6 Å². The third-order valence-electron chi connectivity index (χ3n) is 1.31. The molecule has 6 heteroatoms. The van der Waals surface area contributed by atoms with Crippen molar-refractivity contribution in [2.24, 2.45) is 0 Å². The predicted molar refractivity (Wildman–Crippen MR) is 54.3 cm³/mol. The van der Waals surface area contributed by atoms with Gasteiger partial charge in [-0.2, -0.15) is 8.42 Å². The van der Waals surface area contributed by atoms with Gasteiger partial charge in [-0.1, -0.05) is 18.2 Å². The standard InChI is InChI=1S/C7H8BrNO3S/c8-9(6-13(10,11)12)7-4-2-1-3-5-7/h1-5H,6H2,(H,10,11,12). The molecule has 0 bridgehead atoms. The van der Waals surface area contributed by atoms with E-state index in [-0.39, 0.29) is 0 Å². The number of nitrogens with zero attached hydrogens (tertiary/aromatic N) is 1. The van der Waals surface area contributed by atoms with E-state index in [1.54, 1.807) is 24.3 Å². The largest absolute Gasteiger partial charge is 0.291 e. The Hall–Kier alpha value is -0.590. The van der Waals surface area contributed by atoms with Gasteiger partial charge in [-0.25, -0.2) is 0 Å². The molecule has 13 heavy (non-hydrogen) atoms. The molecule has 0 fully saturated rings. The molecule has 4 nitrogen and oxygen atoms in total. The summed E-state index contributed by atoms with van der Waals surface area (Å²) in [6.07, 6.45) is 0. The molecule has 1 aromatic carbocycles. The first-order valence-corrected chi connectivity index (χ1v) is 5.74. The fourth-order valence-electron chi connectivity index (χ4n) is 0.808. The second-order valence-corrected chi connectivity index (χ2v) is 4.69. The summed E-state index contributed by atoms with van der Waals surface area (Å²) in [7, 11) is -3.99. The molecule has 72 valence electrons. The van der Waals surface area contributed by atoms with Crippen LogP contribution in [0.25, 0.3) is 0 Å². The van der Waals surface area contributed by atoms with Crippen molar-refractivity contribution in [3.8, 4) is 0 Å². The molecule has 0 saturated heterocycles. The van der Waals surface area contributed by atoms with Gasteiger partial charge in [-0.3, -0.25) is 8.48 Å². The first-order valence-electron chi connectivity index (χ1n) is 3.42. The molecule has 1 aromatic rings. The Kier molecular flexibility index (Phi) is 3.29. The highest BCUT2D eigenvalue weighted by Gasteiger charge is 2.10. The van der Waals surface area contributed by atoms with E-state index in [1.165, 1.54) is 3.93 Å². The van der Waals surface area contributed by atoms with Gasteiger partial charge in [0.05, 0.1) is 16.1 Å². The zero-order valence-electron chi connectivity index (χ0n) is 6.59. The Morgan fingerprint density at radius 2 is 1.85 bits per heavy atom. The lowest BCUT2D eigenvalue weighted by Gasteiger charge is -2.13.